The molecule has 1 saturated heterocycles. The Labute approximate surface area is 125 Å². The first-order valence-corrected chi connectivity index (χ1v) is 7.42. The number of aliphatic hydroxyl groups excluding tert-OH is 1. The largest absolute Gasteiger partial charge is 0.396 e. The molecular weight excluding hydrogens is 268 g/mol. The first-order valence-electron chi connectivity index (χ1n) is 7.42. The Balaban J connectivity index is 2.01. The van der Waals surface area contributed by atoms with Gasteiger partial charge in [-0.2, -0.15) is 0 Å². The lowest BCUT2D eigenvalue weighted by molar-refractivity contribution is -0.128. The zero-order valence-corrected chi connectivity index (χ0v) is 12.7. The molecule has 1 fully saturated rings. The summed E-state index contributed by atoms with van der Waals surface area (Å²) in [4.78, 5) is 11.7. The summed E-state index contributed by atoms with van der Waals surface area (Å²) in [5.41, 5.74) is 2.65. The Morgan fingerprint density at radius 1 is 1.38 bits per heavy atom. The van der Waals surface area contributed by atoms with Gasteiger partial charge >= 0.3 is 0 Å². The summed E-state index contributed by atoms with van der Waals surface area (Å²) < 4.78 is 5.19. The number of carbonyl (C=O) groups is 1. The van der Waals surface area contributed by atoms with Crippen molar-refractivity contribution in [1.82, 2.24) is 0 Å². The topological polar surface area (TPSA) is 70.6 Å². The third-order valence-electron chi connectivity index (χ3n) is 3.89. The minimum atomic E-state index is -0.173. The van der Waals surface area contributed by atoms with Crippen LogP contribution in [0.5, 0.6) is 0 Å². The highest BCUT2D eigenvalue weighted by Crippen LogP contribution is 2.29. The highest BCUT2D eigenvalue weighted by Gasteiger charge is 2.37. The highest BCUT2D eigenvalue weighted by molar-refractivity contribution is 5.92. The monoisotopic (exact) mass is 292 g/mol. The van der Waals surface area contributed by atoms with E-state index in [0.29, 0.717) is 26.2 Å². The first kappa shape index (κ1) is 15.8. The number of anilines is 2. The summed E-state index contributed by atoms with van der Waals surface area (Å²) in [5, 5.41) is 15.7. The van der Waals surface area contributed by atoms with Gasteiger partial charge in [0.15, 0.2) is 0 Å². The van der Waals surface area contributed by atoms with Crippen molar-refractivity contribution in [2.45, 2.75) is 26.7 Å². The molecule has 0 aliphatic carbocycles. The summed E-state index contributed by atoms with van der Waals surface area (Å²) in [7, 11) is 0. The van der Waals surface area contributed by atoms with Crippen molar-refractivity contribution in [2.75, 3.05) is 37.0 Å². The predicted octanol–water partition coefficient (Wildman–Crippen LogP) is 2.15. The van der Waals surface area contributed by atoms with Crippen LogP contribution in [-0.2, 0) is 9.53 Å². The SMILES string of the molecule is CCCC(=O)Nc1cccc(NCC2(CO)COC2)c1C. The third-order valence-corrected chi connectivity index (χ3v) is 3.89. The van der Waals surface area contributed by atoms with Crippen molar-refractivity contribution in [3.05, 3.63) is 23.8 Å². The number of hydrogen-bond donors (Lipinski definition) is 3. The van der Waals surface area contributed by atoms with Crippen LogP contribution in [0.15, 0.2) is 18.2 Å². The number of rotatable bonds is 7. The lowest BCUT2D eigenvalue weighted by Crippen LogP contribution is -2.50. The van der Waals surface area contributed by atoms with Crippen LogP contribution in [0.25, 0.3) is 0 Å². The van der Waals surface area contributed by atoms with E-state index in [1.165, 1.54) is 0 Å². The molecule has 3 N–H and O–H groups in total. The van der Waals surface area contributed by atoms with Gasteiger partial charge in [0.05, 0.1) is 25.2 Å². The van der Waals surface area contributed by atoms with Gasteiger partial charge in [-0.15, -0.1) is 0 Å². The van der Waals surface area contributed by atoms with Crippen LogP contribution in [-0.4, -0.2) is 37.4 Å². The van der Waals surface area contributed by atoms with E-state index < -0.39 is 0 Å². The fourth-order valence-corrected chi connectivity index (χ4v) is 2.33. The summed E-state index contributed by atoms with van der Waals surface area (Å²) in [6, 6.07) is 5.80. The number of hydrogen-bond acceptors (Lipinski definition) is 4. The smallest absolute Gasteiger partial charge is 0.224 e. The predicted molar refractivity (Wildman–Crippen MR) is 83.5 cm³/mol. The number of amides is 1. The van der Waals surface area contributed by atoms with Gasteiger partial charge in [-0.3, -0.25) is 4.79 Å². The molecule has 1 heterocycles. The van der Waals surface area contributed by atoms with Gasteiger partial charge < -0.3 is 20.5 Å². The second-order valence-electron chi connectivity index (χ2n) is 5.78. The Kier molecular flexibility index (Phi) is 5.20. The Morgan fingerprint density at radius 3 is 2.67 bits per heavy atom. The molecule has 1 aliphatic rings. The second-order valence-corrected chi connectivity index (χ2v) is 5.78. The van der Waals surface area contributed by atoms with E-state index in [1.54, 1.807) is 0 Å². The van der Waals surface area contributed by atoms with E-state index in [0.717, 1.165) is 23.4 Å². The quantitative estimate of drug-likeness (QED) is 0.720. The molecule has 0 radical (unpaired) electrons. The maximum atomic E-state index is 11.7. The lowest BCUT2D eigenvalue weighted by Gasteiger charge is -2.40. The van der Waals surface area contributed by atoms with Crippen molar-refractivity contribution < 1.29 is 14.6 Å². The van der Waals surface area contributed by atoms with Gasteiger partial charge in [0.25, 0.3) is 0 Å². The molecule has 0 atom stereocenters. The molecule has 21 heavy (non-hydrogen) atoms. The number of nitrogens with one attached hydrogen (secondary N) is 2. The number of ether oxygens (including phenoxy) is 1. The number of aliphatic hydroxyl groups is 1. The van der Waals surface area contributed by atoms with Gasteiger partial charge in [0.1, 0.15) is 0 Å². The molecule has 0 bridgehead atoms. The van der Waals surface area contributed by atoms with Crippen LogP contribution in [0, 0.1) is 12.3 Å². The third kappa shape index (κ3) is 3.74. The zero-order chi connectivity index (χ0) is 15.3. The maximum absolute atomic E-state index is 11.7. The van der Waals surface area contributed by atoms with Crippen molar-refractivity contribution in [3.63, 3.8) is 0 Å². The Morgan fingerprint density at radius 2 is 2.10 bits per heavy atom. The van der Waals surface area contributed by atoms with Gasteiger partial charge in [0, 0.05) is 24.3 Å². The fraction of sp³-hybridized carbons (Fsp3) is 0.562. The van der Waals surface area contributed by atoms with Crippen LogP contribution < -0.4 is 10.6 Å². The molecule has 5 nitrogen and oxygen atoms in total. The highest BCUT2D eigenvalue weighted by atomic mass is 16.5. The molecule has 1 amide bonds. The standard InChI is InChI=1S/C16H24N2O3/c1-3-5-15(20)18-14-7-4-6-13(12(14)2)17-8-16(9-19)10-21-11-16/h4,6-7,17,19H,3,5,8-11H2,1-2H3,(H,18,20). The zero-order valence-electron chi connectivity index (χ0n) is 12.7. The van der Waals surface area contributed by atoms with Gasteiger partial charge in [-0.1, -0.05) is 13.0 Å². The number of carbonyl (C=O) groups excluding carboxylic acids is 1. The lowest BCUT2D eigenvalue weighted by atomic mass is 9.87. The van der Waals surface area contributed by atoms with Crippen LogP contribution in [0.4, 0.5) is 11.4 Å². The molecule has 0 saturated carbocycles. The minimum absolute atomic E-state index is 0.0389. The molecule has 116 valence electrons. The molecule has 0 aromatic heterocycles. The van der Waals surface area contributed by atoms with E-state index >= 15 is 0 Å². The molecule has 0 spiro atoms. The molecule has 1 aromatic carbocycles. The van der Waals surface area contributed by atoms with E-state index in [2.05, 4.69) is 10.6 Å². The van der Waals surface area contributed by atoms with Gasteiger partial charge in [0.2, 0.25) is 5.91 Å². The van der Waals surface area contributed by atoms with Crippen LogP contribution in [0.1, 0.15) is 25.3 Å². The van der Waals surface area contributed by atoms with Crippen molar-refractivity contribution in [2.24, 2.45) is 5.41 Å². The van der Waals surface area contributed by atoms with Gasteiger partial charge in [-0.05, 0) is 31.0 Å². The van der Waals surface area contributed by atoms with Crippen LogP contribution in [0.3, 0.4) is 0 Å². The van der Waals surface area contributed by atoms with Crippen molar-refractivity contribution >= 4 is 17.3 Å². The van der Waals surface area contributed by atoms with Crippen molar-refractivity contribution in [3.8, 4) is 0 Å². The maximum Gasteiger partial charge on any atom is 0.224 e. The average Bonchev–Trinajstić information content (AvgIpc) is 2.42. The Hall–Kier alpha value is -1.59. The molecule has 0 unspecified atom stereocenters. The van der Waals surface area contributed by atoms with E-state index in [9.17, 15) is 9.90 Å². The molecule has 5 heteroatoms. The second kappa shape index (κ2) is 6.91. The van der Waals surface area contributed by atoms with Crippen LogP contribution in [0.2, 0.25) is 0 Å². The van der Waals surface area contributed by atoms with E-state index in [-0.39, 0.29) is 17.9 Å². The summed E-state index contributed by atoms with van der Waals surface area (Å²) in [6.45, 7) is 5.92. The number of benzene rings is 1. The van der Waals surface area contributed by atoms with Crippen LogP contribution >= 0.6 is 0 Å². The Bertz CT molecular complexity index is 493. The summed E-state index contributed by atoms with van der Waals surface area (Å²) >= 11 is 0. The van der Waals surface area contributed by atoms with E-state index in [4.69, 9.17) is 4.74 Å². The summed E-state index contributed by atoms with van der Waals surface area (Å²) in [5.74, 6) is 0.0389. The molecule has 2 rings (SSSR count). The van der Waals surface area contributed by atoms with Gasteiger partial charge in [-0.25, -0.2) is 0 Å². The molecule has 1 aromatic rings. The average molecular weight is 292 g/mol. The first-order chi connectivity index (χ1) is 10.1. The molecule has 1 aliphatic heterocycles. The summed E-state index contributed by atoms with van der Waals surface area (Å²) in [6.07, 6.45) is 1.36. The minimum Gasteiger partial charge on any atom is -0.396 e. The fourth-order valence-electron chi connectivity index (χ4n) is 2.33. The van der Waals surface area contributed by atoms with Crippen molar-refractivity contribution in [1.29, 1.82) is 0 Å². The molecular formula is C16H24N2O3. The normalized spacial score (nSPS) is 16.1. The van der Waals surface area contributed by atoms with E-state index in [1.807, 2.05) is 32.0 Å².